The van der Waals surface area contributed by atoms with Gasteiger partial charge in [-0.05, 0) is 59.3 Å². The maximum atomic E-state index is 6.25. The van der Waals surface area contributed by atoms with Gasteiger partial charge in [0.1, 0.15) is 5.75 Å². The summed E-state index contributed by atoms with van der Waals surface area (Å²) in [6, 6.07) is 13.7. The highest BCUT2D eigenvalue weighted by molar-refractivity contribution is 7.55. The van der Waals surface area contributed by atoms with Crippen LogP contribution in [0.15, 0.2) is 36.4 Å². The van der Waals surface area contributed by atoms with Gasteiger partial charge in [0.15, 0.2) is 6.79 Å². The van der Waals surface area contributed by atoms with Crippen molar-refractivity contribution in [2.45, 2.75) is 78.2 Å². The summed E-state index contributed by atoms with van der Waals surface area (Å²) in [4.78, 5) is 2.61. The van der Waals surface area contributed by atoms with E-state index in [0.717, 1.165) is 12.3 Å². The summed E-state index contributed by atoms with van der Waals surface area (Å²) in [5, 5.41) is 2.71. The van der Waals surface area contributed by atoms with Crippen LogP contribution in [0.25, 0.3) is 0 Å². The molecule has 3 rings (SSSR count). The Morgan fingerprint density at radius 3 is 2.19 bits per heavy atom. The quantitative estimate of drug-likeness (QED) is 0.384. The molecule has 3 nitrogen and oxygen atoms in total. The summed E-state index contributed by atoms with van der Waals surface area (Å²) in [5.74, 6) is 0.999. The van der Waals surface area contributed by atoms with E-state index in [9.17, 15) is 0 Å². The van der Waals surface area contributed by atoms with E-state index in [0.29, 0.717) is 8.58 Å². The smallest absolute Gasteiger partial charge is 0.188 e. The van der Waals surface area contributed by atoms with Crippen molar-refractivity contribution < 1.29 is 9.47 Å². The van der Waals surface area contributed by atoms with Gasteiger partial charge in [-0.2, -0.15) is 0 Å². The molecule has 0 saturated carbocycles. The maximum Gasteiger partial charge on any atom is 0.188 e. The van der Waals surface area contributed by atoms with E-state index < -0.39 is 0 Å². The van der Waals surface area contributed by atoms with Crippen molar-refractivity contribution in [2.24, 2.45) is 0 Å². The number of piperidine rings is 1. The first kappa shape index (κ1) is 25.2. The zero-order valence-corrected chi connectivity index (χ0v) is 22.2. The topological polar surface area (TPSA) is 21.7 Å². The molecule has 1 aliphatic rings. The lowest BCUT2D eigenvalue weighted by atomic mass is 9.80. The number of benzene rings is 2. The van der Waals surface area contributed by atoms with Crippen molar-refractivity contribution in [1.29, 1.82) is 0 Å². The molecule has 1 unspecified atom stereocenters. The normalized spacial score (nSPS) is 16.1. The van der Waals surface area contributed by atoms with Crippen LogP contribution in [0.1, 0.15) is 77.5 Å². The molecule has 0 spiro atoms. The molecule has 1 heterocycles. The Morgan fingerprint density at radius 1 is 0.875 bits per heavy atom. The van der Waals surface area contributed by atoms with Gasteiger partial charge in [-0.3, -0.25) is 4.90 Å². The van der Waals surface area contributed by atoms with Crippen molar-refractivity contribution in [2.75, 3.05) is 27.0 Å². The molecule has 4 heteroatoms. The number of nitrogens with zero attached hydrogens (tertiary/aromatic N) is 1. The van der Waals surface area contributed by atoms with E-state index in [1.54, 1.807) is 7.11 Å². The standard InChI is InChI=1S/C28H42NO2P/c1-27(2,3)22-17-23(28(4,5)6)26(31-20-30-7)25(18-22)32-24-14-10-9-13-21(24)19-29-15-11-8-12-16-29/h9-10,13-14,17-18,32H,8,11-12,15-16,19-20H2,1-7H3. The lowest BCUT2D eigenvalue weighted by Crippen LogP contribution is -2.31. The van der Waals surface area contributed by atoms with E-state index in [2.05, 4.69) is 82.8 Å². The van der Waals surface area contributed by atoms with Gasteiger partial charge in [-0.25, -0.2) is 0 Å². The van der Waals surface area contributed by atoms with E-state index in [-0.39, 0.29) is 17.6 Å². The molecule has 1 saturated heterocycles. The number of likely N-dealkylation sites (tertiary alicyclic amines) is 1. The van der Waals surface area contributed by atoms with Gasteiger partial charge in [-0.15, -0.1) is 0 Å². The van der Waals surface area contributed by atoms with Crippen LogP contribution >= 0.6 is 8.58 Å². The van der Waals surface area contributed by atoms with Gasteiger partial charge in [0.2, 0.25) is 0 Å². The van der Waals surface area contributed by atoms with Gasteiger partial charge in [-0.1, -0.05) is 86.9 Å². The van der Waals surface area contributed by atoms with Crippen LogP contribution in [0.2, 0.25) is 0 Å². The minimum Gasteiger partial charge on any atom is -0.467 e. The van der Waals surface area contributed by atoms with Crippen molar-refractivity contribution in [3.05, 3.63) is 53.1 Å². The fourth-order valence-corrected chi connectivity index (χ4v) is 5.61. The van der Waals surface area contributed by atoms with Crippen LogP contribution in [-0.2, 0) is 22.1 Å². The molecule has 0 N–H and O–H groups in total. The first-order chi connectivity index (χ1) is 15.1. The van der Waals surface area contributed by atoms with Gasteiger partial charge in [0, 0.05) is 24.5 Å². The van der Waals surface area contributed by atoms with Crippen LogP contribution in [-0.4, -0.2) is 31.9 Å². The number of hydrogen-bond acceptors (Lipinski definition) is 3. The minimum atomic E-state index is -0.0170. The van der Waals surface area contributed by atoms with E-state index in [4.69, 9.17) is 9.47 Å². The Bertz CT molecular complexity index is 889. The summed E-state index contributed by atoms with van der Waals surface area (Å²) in [5.41, 5.74) is 4.13. The fourth-order valence-electron chi connectivity index (χ4n) is 4.27. The van der Waals surface area contributed by atoms with E-state index >= 15 is 0 Å². The Hall–Kier alpha value is -1.41. The maximum absolute atomic E-state index is 6.25. The lowest BCUT2D eigenvalue weighted by Gasteiger charge is -2.30. The summed E-state index contributed by atoms with van der Waals surface area (Å²) >= 11 is 0. The van der Waals surface area contributed by atoms with Crippen LogP contribution < -0.4 is 15.3 Å². The highest BCUT2D eigenvalue weighted by Crippen LogP contribution is 2.37. The second-order valence-electron chi connectivity index (χ2n) is 11.1. The zero-order chi connectivity index (χ0) is 23.4. The number of ether oxygens (including phenoxy) is 2. The molecule has 0 aliphatic carbocycles. The average molecular weight is 456 g/mol. The molecule has 0 radical (unpaired) electrons. The van der Waals surface area contributed by atoms with Crippen LogP contribution in [0, 0.1) is 0 Å². The molecule has 2 aromatic carbocycles. The number of methoxy groups -OCH3 is 1. The van der Waals surface area contributed by atoms with Crippen molar-refractivity contribution in [1.82, 2.24) is 4.90 Å². The molecule has 32 heavy (non-hydrogen) atoms. The zero-order valence-electron chi connectivity index (χ0n) is 21.2. The second-order valence-corrected chi connectivity index (χ2v) is 12.4. The third-order valence-corrected chi connectivity index (χ3v) is 7.61. The Balaban J connectivity index is 2.04. The molecule has 1 aliphatic heterocycles. The lowest BCUT2D eigenvalue weighted by molar-refractivity contribution is 0.0506. The van der Waals surface area contributed by atoms with Crippen molar-refractivity contribution in [3.8, 4) is 5.75 Å². The average Bonchev–Trinajstić information content (AvgIpc) is 2.73. The first-order valence-corrected chi connectivity index (χ1v) is 13.0. The fraction of sp³-hybridized carbons (Fsp3) is 0.571. The molecular formula is C28H42NO2P. The van der Waals surface area contributed by atoms with Gasteiger partial charge in [0.05, 0.1) is 0 Å². The van der Waals surface area contributed by atoms with Crippen LogP contribution in [0.3, 0.4) is 0 Å². The number of hydrogen-bond donors (Lipinski definition) is 0. The first-order valence-electron chi connectivity index (χ1n) is 12.0. The monoisotopic (exact) mass is 455 g/mol. The third-order valence-electron chi connectivity index (χ3n) is 6.21. The summed E-state index contributed by atoms with van der Waals surface area (Å²) < 4.78 is 11.6. The predicted molar refractivity (Wildman–Crippen MR) is 139 cm³/mol. The Morgan fingerprint density at radius 2 is 1.56 bits per heavy atom. The molecule has 176 valence electrons. The summed E-state index contributed by atoms with van der Waals surface area (Å²) in [6.07, 6.45) is 4.01. The third kappa shape index (κ3) is 6.56. The second kappa shape index (κ2) is 10.7. The Labute approximate surface area is 197 Å². The molecule has 1 fully saturated rings. The Kier molecular flexibility index (Phi) is 8.42. The molecule has 0 bridgehead atoms. The van der Waals surface area contributed by atoms with Crippen LogP contribution in [0.4, 0.5) is 0 Å². The molecule has 2 aromatic rings. The van der Waals surface area contributed by atoms with Crippen LogP contribution in [0.5, 0.6) is 5.75 Å². The SMILES string of the molecule is COCOc1c(Pc2ccccc2CN2CCCCC2)cc(C(C)(C)C)cc1C(C)(C)C. The van der Waals surface area contributed by atoms with Crippen molar-refractivity contribution in [3.63, 3.8) is 0 Å². The van der Waals surface area contributed by atoms with E-state index in [1.165, 1.54) is 59.7 Å². The summed E-state index contributed by atoms with van der Waals surface area (Å²) in [7, 11) is 2.24. The summed E-state index contributed by atoms with van der Waals surface area (Å²) in [6.45, 7) is 17.4. The minimum absolute atomic E-state index is 0.0170. The highest BCUT2D eigenvalue weighted by atomic mass is 31.1. The predicted octanol–water partition coefficient (Wildman–Crippen LogP) is 5.88. The molecule has 0 amide bonds. The largest absolute Gasteiger partial charge is 0.467 e. The van der Waals surface area contributed by atoms with Gasteiger partial charge >= 0.3 is 0 Å². The van der Waals surface area contributed by atoms with Gasteiger partial charge in [0.25, 0.3) is 0 Å². The van der Waals surface area contributed by atoms with E-state index in [1.807, 2.05) is 0 Å². The molecule has 0 aromatic heterocycles. The number of rotatable bonds is 7. The van der Waals surface area contributed by atoms with Gasteiger partial charge < -0.3 is 9.47 Å². The highest BCUT2D eigenvalue weighted by Gasteiger charge is 2.26. The van der Waals surface area contributed by atoms with Crippen molar-refractivity contribution >= 4 is 19.2 Å². The molecular weight excluding hydrogens is 413 g/mol. The molecule has 1 atom stereocenters.